The molecule has 0 unspecified atom stereocenters. The second kappa shape index (κ2) is 5.67. The zero-order valence-corrected chi connectivity index (χ0v) is 10.5. The lowest BCUT2D eigenvalue weighted by molar-refractivity contribution is 0.169. The Morgan fingerprint density at radius 3 is 2.75 bits per heavy atom. The number of hydrogen-bond acceptors (Lipinski definition) is 2. The van der Waals surface area contributed by atoms with Crippen LogP contribution in [0.3, 0.4) is 0 Å². The lowest BCUT2D eigenvalue weighted by Crippen LogP contribution is -2.45. The summed E-state index contributed by atoms with van der Waals surface area (Å²) in [4.78, 5) is 2.54. The highest BCUT2D eigenvalue weighted by Gasteiger charge is 2.20. The fraction of sp³-hybridized carbons (Fsp3) is 0.538. The fourth-order valence-corrected chi connectivity index (χ4v) is 2.61. The molecule has 1 aliphatic heterocycles. The van der Waals surface area contributed by atoms with Gasteiger partial charge in [-0.25, -0.2) is 0 Å². The van der Waals surface area contributed by atoms with Gasteiger partial charge in [0.25, 0.3) is 0 Å². The first-order valence-electron chi connectivity index (χ1n) is 6.01. The van der Waals surface area contributed by atoms with Crippen molar-refractivity contribution < 1.29 is 0 Å². The summed E-state index contributed by atoms with van der Waals surface area (Å²) in [5.41, 5.74) is 1.34. The number of halogens is 1. The Balaban J connectivity index is 2.14. The maximum absolute atomic E-state index is 6.05. The summed E-state index contributed by atoms with van der Waals surface area (Å²) >= 11 is 6.05. The van der Waals surface area contributed by atoms with Crippen molar-refractivity contribution in [1.82, 2.24) is 10.2 Å². The van der Waals surface area contributed by atoms with Crippen LogP contribution in [0.25, 0.3) is 0 Å². The highest BCUT2D eigenvalue weighted by molar-refractivity contribution is 6.30. The minimum atomic E-state index is 0.515. The predicted molar refractivity (Wildman–Crippen MR) is 68.9 cm³/mol. The third-order valence-corrected chi connectivity index (χ3v) is 3.45. The average molecular weight is 239 g/mol. The van der Waals surface area contributed by atoms with Gasteiger partial charge < -0.3 is 5.32 Å². The molecule has 2 nitrogen and oxygen atoms in total. The van der Waals surface area contributed by atoms with Crippen LogP contribution in [0.2, 0.25) is 5.02 Å². The number of piperazine rings is 1. The van der Waals surface area contributed by atoms with E-state index in [0.29, 0.717) is 6.04 Å². The van der Waals surface area contributed by atoms with Gasteiger partial charge in [0.1, 0.15) is 0 Å². The van der Waals surface area contributed by atoms with Crippen LogP contribution in [0.15, 0.2) is 24.3 Å². The molecule has 1 aliphatic rings. The standard InChI is InChI=1S/C13H19ClN2/c1-2-13(16-8-6-15-7-9-16)11-4-3-5-12(14)10-11/h3-5,10,13,15H,2,6-9H2,1H3/t13-/m1/s1. The van der Waals surface area contributed by atoms with E-state index in [2.05, 4.69) is 29.3 Å². The molecule has 1 N–H and O–H groups in total. The van der Waals surface area contributed by atoms with Gasteiger partial charge in [-0.2, -0.15) is 0 Å². The molecule has 0 aliphatic carbocycles. The fourth-order valence-electron chi connectivity index (χ4n) is 2.41. The molecule has 1 atom stereocenters. The molecule has 1 saturated heterocycles. The van der Waals surface area contributed by atoms with Crippen LogP contribution in [0.4, 0.5) is 0 Å². The Morgan fingerprint density at radius 2 is 2.12 bits per heavy atom. The summed E-state index contributed by atoms with van der Waals surface area (Å²) in [5, 5.41) is 4.23. The van der Waals surface area contributed by atoms with E-state index in [1.165, 1.54) is 5.56 Å². The van der Waals surface area contributed by atoms with Crippen LogP contribution >= 0.6 is 11.6 Å². The summed E-state index contributed by atoms with van der Waals surface area (Å²) < 4.78 is 0. The molecular formula is C13H19ClN2. The van der Waals surface area contributed by atoms with Gasteiger partial charge in [-0.1, -0.05) is 30.7 Å². The van der Waals surface area contributed by atoms with E-state index in [1.54, 1.807) is 0 Å². The van der Waals surface area contributed by atoms with Gasteiger partial charge in [-0.05, 0) is 24.1 Å². The molecule has 88 valence electrons. The van der Waals surface area contributed by atoms with Gasteiger partial charge in [0.15, 0.2) is 0 Å². The van der Waals surface area contributed by atoms with Crippen LogP contribution in [0.5, 0.6) is 0 Å². The molecule has 3 heteroatoms. The average Bonchev–Trinajstić information content (AvgIpc) is 2.31. The van der Waals surface area contributed by atoms with Crippen LogP contribution < -0.4 is 5.32 Å². The molecule has 1 heterocycles. The summed E-state index contributed by atoms with van der Waals surface area (Å²) in [6.07, 6.45) is 1.14. The van der Waals surface area contributed by atoms with Crippen molar-refractivity contribution in [1.29, 1.82) is 0 Å². The minimum absolute atomic E-state index is 0.515. The largest absolute Gasteiger partial charge is 0.314 e. The Bertz CT molecular complexity index is 334. The third kappa shape index (κ3) is 2.76. The number of hydrogen-bond donors (Lipinski definition) is 1. The van der Waals surface area contributed by atoms with E-state index in [0.717, 1.165) is 37.6 Å². The lowest BCUT2D eigenvalue weighted by atomic mass is 10.0. The minimum Gasteiger partial charge on any atom is -0.314 e. The van der Waals surface area contributed by atoms with Crippen molar-refractivity contribution in [3.63, 3.8) is 0 Å². The molecule has 1 aromatic carbocycles. The van der Waals surface area contributed by atoms with Crippen molar-refractivity contribution in [3.05, 3.63) is 34.9 Å². The van der Waals surface area contributed by atoms with Crippen LogP contribution in [0, 0.1) is 0 Å². The molecular weight excluding hydrogens is 220 g/mol. The van der Waals surface area contributed by atoms with Gasteiger partial charge in [0.05, 0.1) is 0 Å². The molecule has 1 fully saturated rings. The molecule has 1 aromatic rings. The van der Waals surface area contributed by atoms with Gasteiger partial charge in [-0.15, -0.1) is 0 Å². The predicted octanol–water partition coefficient (Wildman–Crippen LogP) is 2.70. The van der Waals surface area contributed by atoms with Crippen molar-refractivity contribution >= 4 is 11.6 Å². The topological polar surface area (TPSA) is 15.3 Å². The van der Waals surface area contributed by atoms with E-state index >= 15 is 0 Å². The molecule has 0 amide bonds. The second-order valence-electron chi connectivity index (χ2n) is 4.27. The van der Waals surface area contributed by atoms with E-state index in [1.807, 2.05) is 12.1 Å². The molecule has 2 rings (SSSR count). The number of benzene rings is 1. The molecule has 0 radical (unpaired) electrons. The van der Waals surface area contributed by atoms with Crippen LogP contribution in [-0.4, -0.2) is 31.1 Å². The maximum atomic E-state index is 6.05. The number of rotatable bonds is 3. The molecule has 0 spiro atoms. The summed E-state index contributed by atoms with van der Waals surface area (Å²) in [7, 11) is 0. The van der Waals surface area contributed by atoms with Gasteiger partial charge in [-0.3, -0.25) is 4.90 Å². The summed E-state index contributed by atoms with van der Waals surface area (Å²) in [6.45, 7) is 6.69. The quantitative estimate of drug-likeness (QED) is 0.871. The van der Waals surface area contributed by atoms with E-state index in [4.69, 9.17) is 11.6 Å². The first kappa shape index (κ1) is 11.9. The van der Waals surface area contributed by atoms with Crippen molar-refractivity contribution in [3.8, 4) is 0 Å². The van der Waals surface area contributed by atoms with E-state index in [-0.39, 0.29) is 0 Å². The van der Waals surface area contributed by atoms with Crippen LogP contribution in [0.1, 0.15) is 24.9 Å². The SMILES string of the molecule is CC[C@H](c1cccc(Cl)c1)N1CCNCC1. The molecule has 0 saturated carbocycles. The molecule has 16 heavy (non-hydrogen) atoms. The Hall–Kier alpha value is -0.570. The first-order valence-corrected chi connectivity index (χ1v) is 6.39. The van der Waals surface area contributed by atoms with Crippen molar-refractivity contribution in [2.24, 2.45) is 0 Å². The van der Waals surface area contributed by atoms with Crippen LogP contribution in [-0.2, 0) is 0 Å². The first-order chi connectivity index (χ1) is 7.81. The number of nitrogens with zero attached hydrogens (tertiary/aromatic N) is 1. The Labute approximate surface area is 103 Å². The number of nitrogens with one attached hydrogen (secondary N) is 1. The van der Waals surface area contributed by atoms with E-state index in [9.17, 15) is 0 Å². The summed E-state index contributed by atoms with van der Waals surface area (Å²) in [5.74, 6) is 0. The third-order valence-electron chi connectivity index (χ3n) is 3.21. The Morgan fingerprint density at radius 1 is 1.38 bits per heavy atom. The zero-order valence-electron chi connectivity index (χ0n) is 9.75. The Kier molecular flexibility index (Phi) is 4.22. The zero-order chi connectivity index (χ0) is 11.4. The maximum Gasteiger partial charge on any atom is 0.0409 e. The molecule has 0 aromatic heterocycles. The van der Waals surface area contributed by atoms with Crippen molar-refractivity contribution in [2.75, 3.05) is 26.2 Å². The van der Waals surface area contributed by atoms with Gasteiger partial charge in [0, 0.05) is 37.2 Å². The second-order valence-corrected chi connectivity index (χ2v) is 4.70. The monoisotopic (exact) mass is 238 g/mol. The lowest BCUT2D eigenvalue weighted by Gasteiger charge is -2.34. The smallest absolute Gasteiger partial charge is 0.0409 e. The highest BCUT2D eigenvalue weighted by atomic mass is 35.5. The summed E-state index contributed by atoms with van der Waals surface area (Å²) in [6, 6.07) is 8.78. The van der Waals surface area contributed by atoms with E-state index < -0.39 is 0 Å². The molecule has 0 bridgehead atoms. The van der Waals surface area contributed by atoms with Gasteiger partial charge >= 0.3 is 0 Å². The van der Waals surface area contributed by atoms with Gasteiger partial charge in [0.2, 0.25) is 0 Å². The van der Waals surface area contributed by atoms with Crippen molar-refractivity contribution in [2.45, 2.75) is 19.4 Å². The highest BCUT2D eigenvalue weighted by Crippen LogP contribution is 2.26. The normalized spacial score (nSPS) is 19.6.